The van der Waals surface area contributed by atoms with E-state index in [1.54, 1.807) is 0 Å². The summed E-state index contributed by atoms with van der Waals surface area (Å²) in [5.41, 5.74) is -3.20. The van der Waals surface area contributed by atoms with E-state index < -0.39 is 23.7 Å². The van der Waals surface area contributed by atoms with Gasteiger partial charge in [0.05, 0.1) is 7.11 Å². The maximum absolute atomic E-state index is 12.7. The number of hydrogen-bond acceptors (Lipinski definition) is 3. The number of methoxy groups -OCH3 is 1. The summed E-state index contributed by atoms with van der Waals surface area (Å²) in [5.74, 6) is -1.72. The standard InChI is InChI=1S/C12H13F3N2O4/c1-11(9(18)19,12(13,14)15)17-10(20)16-7-3-5-8(21-2)6-4-7/h3-6H,1-2H3,(H,18,19)(H2,16,17,20). The molecule has 0 aromatic heterocycles. The summed E-state index contributed by atoms with van der Waals surface area (Å²) >= 11 is 0. The molecular formula is C12H13F3N2O4. The summed E-state index contributed by atoms with van der Waals surface area (Å²) in [5, 5.41) is 12.2. The minimum absolute atomic E-state index is 0.184. The minimum Gasteiger partial charge on any atom is -0.497 e. The van der Waals surface area contributed by atoms with Crippen LogP contribution in [0.3, 0.4) is 0 Å². The van der Waals surface area contributed by atoms with Crippen LogP contribution in [0.15, 0.2) is 24.3 Å². The molecule has 0 aliphatic heterocycles. The van der Waals surface area contributed by atoms with E-state index in [1.807, 2.05) is 0 Å². The maximum atomic E-state index is 12.7. The Morgan fingerprint density at radius 2 is 1.71 bits per heavy atom. The second-order valence-corrected chi connectivity index (χ2v) is 4.24. The molecule has 1 rings (SSSR count). The smallest absolute Gasteiger partial charge is 0.422 e. The number of amides is 2. The van der Waals surface area contributed by atoms with Crippen molar-refractivity contribution in [3.8, 4) is 5.75 Å². The number of ether oxygens (including phenoxy) is 1. The Morgan fingerprint density at radius 1 is 1.19 bits per heavy atom. The number of nitrogens with one attached hydrogen (secondary N) is 2. The highest BCUT2D eigenvalue weighted by Gasteiger charge is 2.58. The van der Waals surface area contributed by atoms with Gasteiger partial charge in [-0.3, -0.25) is 0 Å². The van der Waals surface area contributed by atoms with E-state index in [-0.39, 0.29) is 5.69 Å². The van der Waals surface area contributed by atoms with Gasteiger partial charge in [-0.25, -0.2) is 9.59 Å². The molecule has 9 heteroatoms. The van der Waals surface area contributed by atoms with Gasteiger partial charge in [0.15, 0.2) is 0 Å². The van der Waals surface area contributed by atoms with Gasteiger partial charge in [-0.2, -0.15) is 13.2 Å². The van der Waals surface area contributed by atoms with E-state index >= 15 is 0 Å². The molecule has 1 atom stereocenters. The van der Waals surface area contributed by atoms with Gasteiger partial charge in [0, 0.05) is 5.69 Å². The lowest BCUT2D eigenvalue weighted by Gasteiger charge is -2.28. The second-order valence-electron chi connectivity index (χ2n) is 4.24. The monoisotopic (exact) mass is 306 g/mol. The Bertz CT molecular complexity index is 530. The van der Waals surface area contributed by atoms with Gasteiger partial charge < -0.3 is 20.5 Å². The molecule has 0 aliphatic rings. The van der Waals surface area contributed by atoms with Crippen molar-refractivity contribution in [3.05, 3.63) is 24.3 Å². The zero-order chi connectivity index (χ0) is 16.3. The predicted molar refractivity (Wildman–Crippen MR) is 67.2 cm³/mol. The largest absolute Gasteiger partial charge is 0.497 e. The van der Waals surface area contributed by atoms with Gasteiger partial charge >= 0.3 is 18.2 Å². The van der Waals surface area contributed by atoms with Crippen LogP contribution in [-0.4, -0.2) is 35.9 Å². The van der Waals surface area contributed by atoms with E-state index in [0.29, 0.717) is 12.7 Å². The summed E-state index contributed by atoms with van der Waals surface area (Å²) < 4.78 is 43.0. The number of rotatable bonds is 4. The molecule has 116 valence electrons. The summed E-state index contributed by atoms with van der Waals surface area (Å²) in [4.78, 5) is 22.3. The second kappa shape index (κ2) is 5.90. The number of benzene rings is 1. The molecule has 1 aromatic carbocycles. The molecule has 0 radical (unpaired) electrons. The minimum atomic E-state index is -5.14. The first-order valence-corrected chi connectivity index (χ1v) is 5.63. The Labute approximate surface area is 117 Å². The van der Waals surface area contributed by atoms with Gasteiger partial charge in [-0.15, -0.1) is 0 Å². The van der Waals surface area contributed by atoms with Gasteiger partial charge in [0.2, 0.25) is 5.54 Å². The number of halogens is 3. The zero-order valence-corrected chi connectivity index (χ0v) is 11.1. The number of aliphatic carboxylic acids is 1. The normalized spacial score (nSPS) is 14.0. The third-order valence-electron chi connectivity index (χ3n) is 2.71. The van der Waals surface area contributed by atoms with Crippen molar-refractivity contribution in [2.24, 2.45) is 0 Å². The average Bonchev–Trinajstić information content (AvgIpc) is 2.37. The summed E-state index contributed by atoms with van der Waals surface area (Å²) in [6, 6.07) is 4.46. The Balaban J connectivity index is 2.81. The molecule has 0 heterocycles. The van der Waals surface area contributed by atoms with Gasteiger partial charge in [-0.1, -0.05) is 0 Å². The highest BCUT2D eigenvalue weighted by atomic mass is 19.4. The van der Waals surface area contributed by atoms with Crippen LogP contribution in [0.25, 0.3) is 0 Å². The van der Waals surface area contributed by atoms with E-state index in [4.69, 9.17) is 9.84 Å². The van der Waals surface area contributed by atoms with E-state index in [0.717, 1.165) is 0 Å². The highest BCUT2D eigenvalue weighted by Crippen LogP contribution is 2.30. The molecule has 0 saturated heterocycles. The molecule has 6 nitrogen and oxygen atoms in total. The first-order chi connectivity index (χ1) is 9.60. The van der Waals surface area contributed by atoms with Crippen LogP contribution in [0.5, 0.6) is 5.75 Å². The SMILES string of the molecule is COc1ccc(NC(=O)NC(C)(C(=O)O)C(F)(F)F)cc1. The van der Waals surface area contributed by atoms with E-state index in [9.17, 15) is 22.8 Å². The number of anilines is 1. The van der Waals surface area contributed by atoms with Crippen LogP contribution in [-0.2, 0) is 4.79 Å². The van der Waals surface area contributed by atoms with Crippen molar-refractivity contribution in [2.45, 2.75) is 18.6 Å². The molecule has 0 saturated carbocycles. The van der Waals surface area contributed by atoms with Crippen molar-refractivity contribution in [3.63, 3.8) is 0 Å². The van der Waals surface area contributed by atoms with Crippen LogP contribution >= 0.6 is 0 Å². The topological polar surface area (TPSA) is 87.7 Å². The van der Waals surface area contributed by atoms with Crippen LogP contribution in [0.1, 0.15) is 6.92 Å². The number of carboxylic acids is 1. The fourth-order valence-electron chi connectivity index (χ4n) is 1.31. The Hall–Kier alpha value is -2.45. The van der Waals surface area contributed by atoms with Crippen molar-refractivity contribution in [1.29, 1.82) is 0 Å². The zero-order valence-electron chi connectivity index (χ0n) is 11.1. The number of carbonyl (C=O) groups excluding carboxylic acids is 1. The quantitative estimate of drug-likeness (QED) is 0.796. The molecule has 0 aliphatic carbocycles. The lowest BCUT2D eigenvalue weighted by molar-refractivity contribution is -0.203. The fraction of sp³-hybridized carbons (Fsp3) is 0.333. The number of carbonyl (C=O) groups is 2. The maximum Gasteiger partial charge on any atom is 0.422 e. The van der Waals surface area contributed by atoms with Gasteiger partial charge in [0.1, 0.15) is 5.75 Å². The fourth-order valence-corrected chi connectivity index (χ4v) is 1.31. The van der Waals surface area contributed by atoms with Gasteiger partial charge in [0.25, 0.3) is 0 Å². The van der Waals surface area contributed by atoms with Crippen LogP contribution in [0, 0.1) is 0 Å². The molecule has 21 heavy (non-hydrogen) atoms. The first kappa shape index (κ1) is 16.6. The lowest BCUT2D eigenvalue weighted by atomic mass is 10.0. The number of alkyl halides is 3. The predicted octanol–water partition coefficient (Wildman–Crippen LogP) is 2.22. The third-order valence-corrected chi connectivity index (χ3v) is 2.71. The van der Waals surface area contributed by atoms with Crippen LogP contribution in [0.2, 0.25) is 0 Å². The van der Waals surface area contributed by atoms with Crippen molar-refractivity contribution >= 4 is 17.7 Å². The number of carboxylic acid groups (broad SMARTS) is 1. The Morgan fingerprint density at radius 3 is 2.10 bits per heavy atom. The van der Waals surface area contributed by atoms with E-state index in [1.165, 1.54) is 36.7 Å². The van der Waals surface area contributed by atoms with E-state index in [2.05, 4.69) is 5.32 Å². The first-order valence-electron chi connectivity index (χ1n) is 5.63. The summed E-state index contributed by atoms with van der Waals surface area (Å²) in [7, 11) is 1.43. The molecule has 0 bridgehead atoms. The van der Waals surface area contributed by atoms with Crippen LogP contribution < -0.4 is 15.4 Å². The summed E-state index contributed by atoms with van der Waals surface area (Å²) in [6.07, 6.45) is -5.14. The van der Waals surface area contributed by atoms with Crippen molar-refractivity contribution in [1.82, 2.24) is 5.32 Å². The van der Waals surface area contributed by atoms with Crippen molar-refractivity contribution < 1.29 is 32.6 Å². The molecule has 0 fully saturated rings. The molecule has 1 aromatic rings. The molecular weight excluding hydrogens is 293 g/mol. The molecule has 1 unspecified atom stereocenters. The van der Waals surface area contributed by atoms with Crippen LogP contribution in [0.4, 0.5) is 23.7 Å². The average molecular weight is 306 g/mol. The Kier molecular flexibility index (Phi) is 4.66. The molecule has 0 spiro atoms. The highest BCUT2D eigenvalue weighted by molar-refractivity contribution is 5.94. The third kappa shape index (κ3) is 3.77. The van der Waals surface area contributed by atoms with Crippen molar-refractivity contribution in [2.75, 3.05) is 12.4 Å². The van der Waals surface area contributed by atoms with Gasteiger partial charge in [-0.05, 0) is 31.2 Å². The number of hydrogen-bond donors (Lipinski definition) is 3. The molecule has 2 amide bonds. The lowest BCUT2D eigenvalue weighted by Crippen LogP contribution is -2.62. The summed E-state index contributed by atoms with van der Waals surface area (Å²) in [6.45, 7) is 0.364. The number of urea groups is 1. The molecule has 3 N–H and O–H groups in total.